The van der Waals surface area contributed by atoms with Crippen molar-refractivity contribution in [2.24, 2.45) is 0 Å². The third-order valence-electron chi connectivity index (χ3n) is 2.41. The Labute approximate surface area is 82.0 Å². The predicted molar refractivity (Wildman–Crippen MR) is 59.1 cm³/mol. The first kappa shape index (κ1) is 10.3. The van der Waals surface area contributed by atoms with Crippen LogP contribution in [0.3, 0.4) is 0 Å². The van der Waals surface area contributed by atoms with Crippen LogP contribution in [0.4, 0.5) is 0 Å². The molecule has 0 nitrogen and oxygen atoms in total. The van der Waals surface area contributed by atoms with Crippen LogP contribution in [0, 0.1) is 0 Å². The fraction of sp³-hybridized carbons (Fsp3) is 0.538. The maximum Gasteiger partial charge on any atom is -0.0161 e. The van der Waals surface area contributed by atoms with Crippen LogP contribution in [0.25, 0.3) is 0 Å². The molecular formula is C13H20. The molecule has 0 aliphatic heterocycles. The number of benzene rings is 1. The molecule has 2 rings (SSSR count). The summed E-state index contributed by atoms with van der Waals surface area (Å²) in [6, 6.07) is 9.02. The maximum atomic E-state index is 2.36. The standard InChI is InChI=1S/C11H14.C2H6/c1-2-9-4-3-5-11(8-9)10-6-7-10;1-2/h3-5,8,10H,2,6-7H2,1H3;1-2H3. The molecule has 1 saturated carbocycles. The van der Waals surface area contributed by atoms with E-state index in [9.17, 15) is 0 Å². The van der Waals surface area contributed by atoms with Gasteiger partial charge in [-0.05, 0) is 36.3 Å². The first-order valence-corrected chi connectivity index (χ1v) is 5.49. The highest BCUT2D eigenvalue weighted by atomic mass is 14.3. The third kappa shape index (κ3) is 2.87. The van der Waals surface area contributed by atoms with Crippen LogP contribution >= 0.6 is 0 Å². The van der Waals surface area contributed by atoms with Crippen molar-refractivity contribution in [1.82, 2.24) is 0 Å². The summed E-state index contributed by atoms with van der Waals surface area (Å²) in [6.45, 7) is 6.21. The van der Waals surface area contributed by atoms with E-state index in [0.29, 0.717) is 0 Å². The van der Waals surface area contributed by atoms with Crippen LogP contribution < -0.4 is 0 Å². The Balaban J connectivity index is 0.000000396. The molecular weight excluding hydrogens is 156 g/mol. The average molecular weight is 176 g/mol. The molecule has 0 bridgehead atoms. The molecule has 0 heteroatoms. The number of aryl methyl sites for hydroxylation is 1. The van der Waals surface area contributed by atoms with Crippen molar-refractivity contribution in [3.05, 3.63) is 35.4 Å². The minimum absolute atomic E-state index is 0.904. The Morgan fingerprint density at radius 1 is 1.23 bits per heavy atom. The summed E-state index contributed by atoms with van der Waals surface area (Å²) < 4.78 is 0. The largest absolute Gasteiger partial charge is 0.0683 e. The van der Waals surface area contributed by atoms with Crippen molar-refractivity contribution in [2.75, 3.05) is 0 Å². The second-order valence-electron chi connectivity index (χ2n) is 3.37. The fourth-order valence-corrected chi connectivity index (χ4v) is 1.48. The van der Waals surface area contributed by atoms with E-state index in [2.05, 4.69) is 31.2 Å². The number of hydrogen-bond donors (Lipinski definition) is 0. The van der Waals surface area contributed by atoms with Gasteiger partial charge in [-0.25, -0.2) is 0 Å². The van der Waals surface area contributed by atoms with Crippen molar-refractivity contribution in [3.63, 3.8) is 0 Å². The molecule has 1 aromatic rings. The second kappa shape index (κ2) is 5.06. The second-order valence-corrected chi connectivity index (χ2v) is 3.37. The van der Waals surface area contributed by atoms with Crippen LogP contribution in [0.15, 0.2) is 24.3 Å². The van der Waals surface area contributed by atoms with Gasteiger partial charge in [0.2, 0.25) is 0 Å². The highest BCUT2D eigenvalue weighted by Gasteiger charge is 2.22. The lowest BCUT2D eigenvalue weighted by Crippen LogP contribution is -1.83. The SMILES string of the molecule is CC.CCc1cccc(C2CC2)c1. The molecule has 0 aromatic heterocycles. The van der Waals surface area contributed by atoms with Gasteiger partial charge in [0.05, 0.1) is 0 Å². The van der Waals surface area contributed by atoms with Crippen molar-refractivity contribution < 1.29 is 0 Å². The van der Waals surface area contributed by atoms with Gasteiger partial charge in [0.25, 0.3) is 0 Å². The van der Waals surface area contributed by atoms with E-state index >= 15 is 0 Å². The zero-order valence-corrected chi connectivity index (χ0v) is 9.01. The summed E-state index contributed by atoms with van der Waals surface area (Å²) in [7, 11) is 0. The Morgan fingerprint density at radius 3 is 2.46 bits per heavy atom. The minimum atomic E-state index is 0.904. The molecule has 0 saturated heterocycles. The molecule has 1 aliphatic carbocycles. The first-order chi connectivity index (χ1) is 6.40. The van der Waals surface area contributed by atoms with Crippen LogP contribution in [-0.2, 0) is 6.42 Å². The zero-order chi connectivity index (χ0) is 9.68. The highest BCUT2D eigenvalue weighted by Crippen LogP contribution is 2.40. The Bertz CT molecular complexity index is 246. The molecule has 0 heterocycles. The van der Waals surface area contributed by atoms with E-state index in [4.69, 9.17) is 0 Å². The minimum Gasteiger partial charge on any atom is -0.0683 e. The van der Waals surface area contributed by atoms with Crippen LogP contribution in [0.5, 0.6) is 0 Å². The highest BCUT2D eigenvalue weighted by molar-refractivity contribution is 5.28. The molecule has 72 valence electrons. The lowest BCUT2D eigenvalue weighted by atomic mass is 10.1. The quantitative estimate of drug-likeness (QED) is 0.635. The molecule has 0 radical (unpaired) electrons. The summed E-state index contributed by atoms with van der Waals surface area (Å²) in [6.07, 6.45) is 3.99. The molecule has 13 heavy (non-hydrogen) atoms. The summed E-state index contributed by atoms with van der Waals surface area (Å²) in [4.78, 5) is 0. The third-order valence-corrected chi connectivity index (χ3v) is 2.41. The summed E-state index contributed by atoms with van der Waals surface area (Å²) in [5.74, 6) is 0.904. The zero-order valence-electron chi connectivity index (χ0n) is 9.01. The van der Waals surface area contributed by atoms with Gasteiger partial charge in [-0.3, -0.25) is 0 Å². The first-order valence-electron chi connectivity index (χ1n) is 5.49. The average Bonchev–Trinajstić information content (AvgIpc) is 3.04. The number of hydrogen-bond acceptors (Lipinski definition) is 0. The van der Waals surface area contributed by atoms with E-state index in [1.165, 1.54) is 24.8 Å². The fourth-order valence-electron chi connectivity index (χ4n) is 1.48. The summed E-state index contributed by atoms with van der Waals surface area (Å²) in [5, 5.41) is 0. The molecule has 0 atom stereocenters. The van der Waals surface area contributed by atoms with Gasteiger partial charge in [0, 0.05) is 0 Å². The van der Waals surface area contributed by atoms with Gasteiger partial charge in [-0.1, -0.05) is 45.0 Å². The Morgan fingerprint density at radius 2 is 1.92 bits per heavy atom. The topological polar surface area (TPSA) is 0 Å². The lowest BCUT2D eigenvalue weighted by Gasteiger charge is -2.00. The predicted octanol–water partition coefficient (Wildman–Crippen LogP) is 4.15. The van der Waals surface area contributed by atoms with Crippen molar-refractivity contribution >= 4 is 0 Å². The van der Waals surface area contributed by atoms with Crippen LogP contribution in [0.1, 0.15) is 50.7 Å². The molecule has 0 spiro atoms. The molecule has 1 aromatic carbocycles. The van der Waals surface area contributed by atoms with Gasteiger partial charge < -0.3 is 0 Å². The van der Waals surface area contributed by atoms with Gasteiger partial charge in [-0.2, -0.15) is 0 Å². The van der Waals surface area contributed by atoms with Crippen molar-refractivity contribution in [2.45, 2.75) is 46.0 Å². The Hall–Kier alpha value is -0.780. The smallest absolute Gasteiger partial charge is 0.0161 e. The van der Waals surface area contributed by atoms with Gasteiger partial charge >= 0.3 is 0 Å². The van der Waals surface area contributed by atoms with E-state index in [0.717, 1.165) is 5.92 Å². The monoisotopic (exact) mass is 176 g/mol. The normalized spacial score (nSPS) is 14.7. The van der Waals surface area contributed by atoms with E-state index in [1.807, 2.05) is 13.8 Å². The molecule has 0 N–H and O–H groups in total. The molecule has 1 aliphatic rings. The van der Waals surface area contributed by atoms with Gasteiger partial charge in [0.15, 0.2) is 0 Å². The lowest BCUT2D eigenvalue weighted by molar-refractivity contribution is 1.08. The van der Waals surface area contributed by atoms with Crippen LogP contribution in [0.2, 0.25) is 0 Å². The molecule has 1 fully saturated rings. The van der Waals surface area contributed by atoms with Crippen LogP contribution in [-0.4, -0.2) is 0 Å². The van der Waals surface area contributed by atoms with Gasteiger partial charge in [0.1, 0.15) is 0 Å². The number of rotatable bonds is 2. The van der Waals surface area contributed by atoms with Crippen molar-refractivity contribution in [3.8, 4) is 0 Å². The van der Waals surface area contributed by atoms with Gasteiger partial charge in [-0.15, -0.1) is 0 Å². The summed E-state index contributed by atoms with van der Waals surface area (Å²) in [5.41, 5.74) is 3.04. The molecule has 0 unspecified atom stereocenters. The van der Waals surface area contributed by atoms with E-state index in [1.54, 1.807) is 5.56 Å². The van der Waals surface area contributed by atoms with Crippen molar-refractivity contribution in [1.29, 1.82) is 0 Å². The van der Waals surface area contributed by atoms with E-state index < -0.39 is 0 Å². The maximum absolute atomic E-state index is 2.36. The van der Waals surface area contributed by atoms with E-state index in [-0.39, 0.29) is 0 Å². The molecule has 0 amide bonds. The Kier molecular flexibility index (Phi) is 4.01. The summed E-state index contributed by atoms with van der Waals surface area (Å²) >= 11 is 0.